The number of nitriles is 1. The fourth-order valence-electron chi connectivity index (χ4n) is 4.36. The Kier molecular flexibility index (Phi) is 6.69. The Labute approximate surface area is 176 Å². The van der Waals surface area contributed by atoms with Crippen molar-refractivity contribution in [3.05, 3.63) is 28.5 Å². The molecule has 0 aliphatic carbocycles. The number of aromatic nitrogens is 1. The number of nitrogens with zero attached hydrogens (tertiary/aromatic N) is 1. The third-order valence-corrected chi connectivity index (χ3v) is 5.58. The van der Waals surface area contributed by atoms with Gasteiger partial charge >= 0.3 is 5.97 Å². The molecule has 0 saturated heterocycles. The number of aliphatic carboxylic acids is 1. The molecule has 1 unspecified atom stereocenters. The van der Waals surface area contributed by atoms with E-state index < -0.39 is 11.6 Å². The zero-order valence-corrected chi connectivity index (χ0v) is 18.1. The molecule has 3 rings (SSSR count). The summed E-state index contributed by atoms with van der Waals surface area (Å²) in [5.41, 5.74) is 3.10. The highest BCUT2D eigenvalue weighted by Gasteiger charge is 2.42. The molecule has 2 heterocycles. The minimum atomic E-state index is -0.904. The number of fused-ring (bicyclic) bond motifs is 3. The van der Waals surface area contributed by atoms with Crippen molar-refractivity contribution in [3.8, 4) is 11.8 Å². The molecule has 0 bridgehead atoms. The number of ether oxygens (including phenoxy) is 3. The predicted molar refractivity (Wildman–Crippen MR) is 113 cm³/mol. The Morgan fingerprint density at radius 2 is 2.20 bits per heavy atom. The molecule has 2 aromatic rings. The van der Waals surface area contributed by atoms with Crippen molar-refractivity contribution in [1.29, 1.82) is 5.26 Å². The van der Waals surface area contributed by atoms with Gasteiger partial charge in [0.15, 0.2) is 0 Å². The summed E-state index contributed by atoms with van der Waals surface area (Å²) in [6.45, 7) is 9.18. The Bertz CT molecular complexity index is 972. The number of carboxylic acid groups (broad SMARTS) is 1. The number of carbonyl (C=O) groups is 1. The topological polar surface area (TPSA) is 105 Å². The number of aryl methyl sites for hydroxylation is 1. The summed E-state index contributed by atoms with van der Waals surface area (Å²) >= 11 is 0. The lowest BCUT2D eigenvalue weighted by atomic mass is 9.84. The van der Waals surface area contributed by atoms with Crippen LogP contribution < -0.4 is 4.74 Å². The maximum absolute atomic E-state index is 11.6. The number of carboxylic acids is 1. The Morgan fingerprint density at radius 3 is 2.83 bits per heavy atom. The summed E-state index contributed by atoms with van der Waals surface area (Å²) in [6.07, 6.45) is 2.03. The van der Waals surface area contributed by atoms with E-state index in [1.54, 1.807) is 6.07 Å². The van der Waals surface area contributed by atoms with Crippen LogP contribution in [0.15, 0.2) is 6.07 Å². The average molecular weight is 415 g/mol. The average Bonchev–Trinajstić information content (AvgIpc) is 3.08. The number of aromatic amines is 1. The Balaban J connectivity index is 2.09. The second kappa shape index (κ2) is 9.07. The molecule has 1 aromatic heterocycles. The van der Waals surface area contributed by atoms with Crippen LogP contribution >= 0.6 is 0 Å². The normalized spacial score (nSPS) is 18.4. The molecule has 1 aromatic carbocycles. The lowest BCUT2D eigenvalue weighted by Gasteiger charge is -2.36. The molecule has 0 radical (unpaired) electrons. The van der Waals surface area contributed by atoms with Gasteiger partial charge in [-0.25, -0.2) is 0 Å². The number of rotatable bonds is 9. The number of benzene rings is 1. The first-order valence-electron chi connectivity index (χ1n) is 10.5. The monoisotopic (exact) mass is 414 g/mol. The fraction of sp³-hybridized carbons (Fsp3) is 0.565. The van der Waals surface area contributed by atoms with Gasteiger partial charge in [0.25, 0.3) is 0 Å². The van der Waals surface area contributed by atoms with Gasteiger partial charge in [-0.15, -0.1) is 0 Å². The predicted octanol–water partition coefficient (Wildman–Crippen LogP) is 4.19. The molecule has 0 saturated carbocycles. The SMILES string of the molecule is CCCC1(CC(=O)O)OCCc2c1[nH]c1c(C)c(OCCOC(C)C)cc(C#N)c21. The highest BCUT2D eigenvalue weighted by Crippen LogP contribution is 2.44. The van der Waals surface area contributed by atoms with E-state index in [1.807, 2.05) is 27.7 Å². The van der Waals surface area contributed by atoms with Gasteiger partial charge in [0.2, 0.25) is 0 Å². The highest BCUT2D eigenvalue weighted by atomic mass is 16.5. The van der Waals surface area contributed by atoms with Crippen molar-refractivity contribution in [1.82, 2.24) is 4.98 Å². The van der Waals surface area contributed by atoms with E-state index in [0.717, 1.165) is 34.1 Å². The van der Waals surface area contributed by atoms with Gasteiger partial charge in [-0.05, 0) is 45.2 Å². The number of H-pyrrole nitrogens is 1. The van der Waals surface area contributed by atoms with Gasteiger partial charge in [0, 0.05) is 10.9 Å². The summed E-state index contributed by atoms with van der Waals surface area (Å²) in [5.74, 6) is -0.272. The minimum Gasteiger partial charge on any atom is -0.491 e. The van der Waals surface area contributed by atoms with E-state index in [9.17, 15) is 15.2 Å². The fourth-order valence-corrected chi connectivity index (χ4v) is 4.36. The van der Waals surface area contributed by atoms with Crippen LogP contribution in [-0.4, -0.2) is 42.0 Å². The summed E-state index contributed by atoms with van der Waals surface area (Å²) < 4.78 is 17.5. The number of hydrogen-bond acceptors (Lipinski definition) is 5. The third kappa shape index (κ3) is 4.16. The highest BCUT2D eigenvalue weighted by molar-refractivity contribution is 5.94. The maximum atomic E-state index is 11.6. The second-order valence-electron chi connectivity index (χ2n) is 8.07. The molecular formula is C23H30N2O5. The molecular weight excluding hydrogens is 384 g/mol. The van der Waals surface area contributed by atoms with Crippen LogP contribution in [-0.2, 0) is 26.3 Å². The third-order valence-electron chi connectivity index (χ3n) is 5.58. The molecule has 0 fully saturated rings. The van der Waals surface area contributed by atoms with Crippen molar-refractivity contribution >= 4 is 16.9 Å². The zero-order chi connectivity index (χ0) is 21.9. The van der Waals surface area contributed by atoms with Gasteiger partial charge in [-0.2, -0.15) is 5.26 Å². The summed E-state index contributed by atoms with van der Waals surface area (Å²) in [5, 5.41) is 20.2. The van der Waals surface area contributed by atoms with Gasteiger partial charge in [-0.1, -0.05) is 13.3 Å². The van der Waals surface area contributed by atoms with Gasteiger partial charge in [0.1, 0.15) is 18.0 Å². The smallest absolute Gasteiger partial charge is 0.306 e. The van der Waals surface area contributed by atoms with Crippen LogP contribution in [0.2, 0.25) is 0 Å². The van der Waals surface area contributed by atoms with Gasteiger partial charge in [-0.3, -0.25) is 4.79 Å². The molecule has 1 atom stereocenters. The van der Waals surface area contributed by atoms with Crippen LogP contribution in [0.1, 0.15) is 62.4 Å². The second-order valence-corrected chi connectivity index (χ2v) is 8.07. The van der Waals surface area contributed by atoms with Gasteiger partial charge < -0.3 is 24.3 Å². The molecule has 162 valence electrons. The van der Waals surface area contributed by atoms with Crippen LogP contribution in [0.25, 0.3) is 10.9 Å². The number of hydrogen-bond donors (Lipinski definition) is 2. The van der Waals surface area contributed by atoms with Crippen molar-refractivity contribution in [2.24, 2.45) is 0 Å². The van der Waals surface area contributed by atoms with E-state index in [2.05, 4.69) is 11.1 Å². The molecule has 7 nitrogen and oxygen atoms in total. The van der Waals surface area contributed by atoms with E-state index in [-0.39, 0.29) is 12.5 Å². The number of nitrogens with one attached hydrogen (secondary N) is 1. The van der Waals surface area contributed by atoms with Crippen molar-refractivity contribution < 1.29 is 24.1 Å². The van der Waals surface area contributed by atoms with Crippen molar-refractivity contribution in [2.45, 2.75) is 65.1 Å². The Hall–Kier alpha value is -2.56. The van der Waals surface area contributed by atoms with E-state index in [1.165, 1.54) is 0 Å². The van der Waals surface area contributed by atoms with Crippen LogP contribution in [0, 0.1) is 18.3 Å². The maximum Gasteiger partial charge on any atom is 0.306 e. The molecule has 1 aliphatic heterocycles. The van der Waals surface area contributed by atoms with Crippen LogP contribution in [0.3, 0.4) is 0 Å². The van der Waals surface area contributed by atoms with Crippen LogP contribution in [0.5, 0.6) is 5.75 Å². The first-order chi connectivity index (χ1) is 14.3. The van der Waals surface area contributed by atoms with E-state index >= 15 is 0 Å². The van der Waals surface area contributed by atoms with Crippen molar-refractivity contribution in [3.63, 3.8) is 0 Å². The summed E-state index contributed by atoms with van der Waals surface area (Å²) in [4.78, 5) is 15.1. The molecule has 2 N–H and O–H groups in total. The standard InChI is InChI=1S/C23H30N2O5/c1-5-7-23(12-19(26)27)22-17(6-8-30-23)20-16(13-24)11-18(15(4)21(20)25-22)29-10-9-28-14(2)3/h11,14,25H,5-10,12H2,1-4H3,(H,26,27). The molecule has 1 aliphatic rings. The molecule has 30 heavy (non-hydrogen) atoms. The lowest BCUT2D eigenvalue weighted by molar-refractivity contribution is -0.149. The largest absolute Gasteiger partial charge is 0.491 e. The lowest BCUT2D eigenvalue weighted by Crippen LogP contribution is -2.37. The summed E-state index contributed by atoms with van der Waals surface area (Å²) in [7, 11) is 0. The molecule has 0 spiro atoms. The minimum absolute atomic E-state index is 0.114. The van der Waals surface area contributed by atoms with E-state index in [0.29, 0.717) is 44.0 Å². The summed E-state index contributed by atoms with van der Waals surface area (Å²) in [6, 6.07) is 4.07. The molecule has 7 heteroatoms. The first-order valence-corrected chi connectivity index (χ1v) is 10.5. The Morgan fingerprint density at radius 1 is 1.43 bits per heavy atom. The van der Waals surface area contributed by atoms with E-state index in [4.69, 9.17) is 14.2 Å². The zero-order valence-electron chi connectivity index (χ0n) is 18.1. The van der Waals surface area contributed by atoms with Crippen LogP contribution in [0.4, 0.5) is 0 Å². The van der Waals surface area contributed by atoms with Crippen molar-refractivity contribution in [2.75, 3.05) is 19.8 Å². The first kappa shape index (κ1) is 22.1. The quantitative estimate of drug-likeness (QED) is 0.596. The molecule has 0 amide bonds. The van der Waals surface area contributed by atoms with Gasteiger partial charge in [0.05, 0.1) is 48.6 Å².